The molecule has 0 radical (unpaired) electrons. The van der Waals surface area contributed by atoms with Crippen LogP contribution in [0, 0.1) is 17.7 Å². The van der Waals surface area contributed by atoms with Gasteiger partial charge in [-0.25, -0.2) is 4.39 Å². The molecule has 3 atom stereocenters. The van der Waals surface area contributed by atoms with E-state index in [9.17, 15) is 14.0 Å². The summed E-state index contributed by atoms with van der Waals surface area (Å²) in [7, 11) is 0. The number of benzene rings is 1. The van der Waals surface area contributed by atoms with Gasteiger partial charge in [0.25, 0.3) is 5.91 Å². The number of rotatable bonds is 3. The lowest BCUT2D eigenvalue weighted by atomic mass is 9.89. The highest BCUT2D eigenvalue weighted by Gasteiger charge is 2.47. The number of fused-ring (bicyclic) bond motifs is 1. The Balaban J connectivity index is 1.74. The molecule has 1 aromatic carbocycles. The van der Waals surface area contributed by atoms with E-state index in [-0.39, 0.29) is 29.2 Å². The first-order valence-electron chi connectivity index (χ1n) is 9.08. The van der Waals surface area contributed by atoms with Crippen LogP contribution >= 0.6 is 0 Å². The monoisotopic (exact) mass is 355 g/mol. The standard InChI is InChI=1S/C20H22FN3O2/c1-2-17-15(6-7-18(25)23-17)20(26)24-11-13-9-22-10-16(13)19(24)12-4-3-5-14(21)8-12/h3-8,13,16,19,22H,2,9-11H2,1H3,(H,23,25)/t13-,16-,19+/m0/s1. The third-order valence-electron chi connectivity index (χ3n) is 5.60. The van der Waals surface area contributed by atoms with E-state index in [1.165, 1.54) is 18.2 Å². The molecule has 2 aromatic rings. The molecule has 0 aliphatic carbocycles. The van der Waals surface area contributed by atoms with Crippen LogP contribution in [0.3, 0.4) is 0 Å². The molecule has 136 valence electrons. The molecule has 2 aliphatic heterocycles. The van der Waals surface area contributed by atoms with Crippen molar-refractivity contribution < 1.29 is 9.18 Å². The molecule has 6 heteroatoms. The molecule has 2 aliphatic rings. The van der Waals surface area contributed by atoms with Crippen LogP contribution in [0.1, 0.15) is 34.6 Å². The molecular formula is C20H22FN3O2. The highest BCUT2D eigenvalue weighted by Crippen LogP contribution is 2.43. The van der Waals surface area contributed by atoms with Crippen molar-refractivity contribution in [1.82, 2.24) is 15.2 Å². The fourth-order valence-corrected chi connectivity index (χ4v) is 4.40. The lowest BCUT2D eigenvalue weighted by Gasteiger charge is -2.29. The fourth-order valence-electron chi connectivity index (χ4n) is 4.40. The molecule has 1 aromatic heterocycles. The van der Waals surface area contributed by atoms with Crippen LogP contribution in [0.4, 0.5) is 4.39 Å². The summed E-state index contributed by atoms with van der Waals surface area (Å²) in [5, 5.41) is 3.39. The number of carbonyl (C=O) groups is 1. The van der Waals surface area contributed by atoms with Gasteiger partial charge in [-0.3, -0.25) is 9.59 Å². The van der Waals surface area contributed by atoms with Gasteiger partial charge >= 0.3 is 0 Å². The van der Waals surface area contributed by atoms with E-state index in [1.807, 2.05) is 17.9 Å². The van der Waals surface area contributed by atoms with E-state index >= 15 is 0 Å². The lowest BCUT2D eigenvalue weighted by molar-refractivity contribution is 0.0712. The number of amides is 1. The highest BCUT2D eigenvalue weighted by molar-refractivity contribution is 5.95. The third-order valence-corrected chi connectivity index (χ3v) is 5.60. The zero-order valence-electron chi connectivity index (χ0n) is 14.7. The van der Waals surface area contributed by atoms with Crippen LogP contribution in [-0.4, -0.2) is 35.4 Å². The summed E-state index contributed by atoms with van der Waals surface area (Å²) in [6, 6.07) is 9.38. The summed E-state index contributed by atoms with van der Waals surface area (Å²) in [5.74, 6) is 0.248. The smallest absolute Gasteiger partial charge is 0.256 e. The topological polar surface area (TPSA) is 65.2 Å². The molecule has 0 spiro atoms. The quantitative estimate of drug-likeness (QED) is 0.886. The van der Waals surface area contributed by atoms with Gasteiger partial charge in [-0.05, 0) is 36.1 Å². The first-order chi connectivity index (χ1) is 12.6. The summed E-state index contributed by atoms with van der Waals surface area (Å²) in [5.41, 5.74) is 1.80. The minimum absolute atomic E-state index is 0.0956. The normalized spacial score (nSPS) is 24.7. The largest absolute Gasteiger partial charge is 0.331 e. The van der Waals surface area contributed by atoms with E-state index in [4.69, 9.17) is 0 Å². The van der Waals surface area contributed by atoms with E-state index in [0.717, 1.165) is 18.7 Å². The van der Waals surface area contributed by atoms with Crippen molar-refractivity contribution in [1.29, 1.82) is 0 Å². The number of aromatic amines is 1. The van der Waals surface area contributed by atoms with Crippen molar-refractivity contribution in [3.63, 3.8) is 0 Å². The number of likely N-dealkylation sites (tertiary alicyclic amines) is 1. The van der Waals surface area contributed by atoms with Crippen molar-refractivity contribution >= 4 is 5.91 Å². The minimum Gasteiger partial charge on any atom is -0.331 e. The second kappa shape index (κ2) is 6.68. The summed E-state index contributed by atoms with van der Waals surface area (Å²) < 4.78 is 13.8. The zero-order chi connectivity index (χ0) is 18.3. The molecule has 2 N–H and O–H groups in total. The summed E-state index contributed by atoms with van der Waals surface area (Å²) in [4.78, 5) is 29.6. The minimum atomic E-state index is -0.289. The van der Waals surface area contributed by atoms with Crippen LogP contribution in [0.5, 0.6) is 0 Å². The number of H-pyrrole nitrogens is 1. The van der Waals surface area contributed by atoms with E-state index in [0.29, 0.717) is 30.1 Å². The fraction of sp³-hybridized carbons (Fsp3) is 0.400. The Bertz CT molecular complexity index is 895. The van der Waals surface area contributed by atoms with Crippen molar-refractivity contribution in [3.05, 3.63) is 69.4 Å². The average molecular weight is 355 g/mol. The Kier molecular flexibility index (Phi) is 4.36. The van der Waals surface area contributed by atoms with Crippen LogP contribution in [0.2, 0.25) is 0 Å². The highest BCUT2D eigenvalue weighted by atomic mass is 19.1. The number of halogens is 1. The molecular weight excluding hydrogens is 333 g/mol. The van der Waals surface area contributed by atoms with Gasteiger partial charge in [-0.2, -0.15) is 0 Å². The number of hydrogen-bond acceptors (Lipinski definition) is 3. The predicted octanol–water partition coefficient (Wildman–Crippen LogP) is 2.11. The third kappa shape index (κ3) is 2.84. The molecule has 1 amide bonds. The number of aromatic nitrogens is 1. The van der Waals surface area contributed by atoms with Gasteiger partial charge < -0.3 is 15.2 Å². The maximum Gasteiger partial charge on any atom is 0.256 e. The van der Waals surface area contributed by atoms with Crippen LogP contribution in [0.25, 0.3) is 0 Å². The first kappa shape index (κ1) is 17.0. The molecule has 2 saturated heterocycles. The summed E-state index contributed by atoms with van der Waals surface area (Å²) in [6.45, 7) is 4.24. The Morgan fingerprint density at radius 2 is 2.12 bits per heavy atom. The Labute approximate surface area is 151 Å². The summed E-state index contributed by atoms with van der Waals surface area (Å²) >= 11 is 0. The maximum absolute atomic E-state index is 13.8. The van der Waals surface area contributed by atoms with Crippen molar-refractivity contribution in [3.8, 4) is 0 Å². The predicted molar refractivity (Wildman–Crippen MR) is 96.5 cm³/mol. The Morgan fingerprint density at radius 1 is 1.27 bits per heavy atom. The van der Waals surface area contributed by atoms with Gasteiger partial charge in [-0.15, -0.1) is 0 Å². The molecule has 0 unspecified atom stereocenters. The number of carbonyl (C=O) groups excluding carboxylic acids is 1. The van der Waals surface area contributed by atoms with Crippen LogP contribution in [-0.2, 0) is 6.42 Å². The molecule has 5 nitrogen and oxygen atoms in total. The second-order valence-electron chi connectivity index (χ2n) is 7.11. The maximum atomic E-state index is 13.8. The van der Waals surface area contributed by atoms with Gasteiger partial charge in [0.15, 0.2) is 0 Å². The van der Waals surface area contributed by atoms with E-state index in [2.05, 4.69) is 10.3 Å². The lowest BCUT2D eigenvalue weighted by Crippen LogP contribution is -2.35. The van der Waals surface area contributed by atoms with Gasteiger partial charge in [0.1, 0.15) is 5.82 Å². The Morgan fingerprint density at radius 3 is 2.88 bits per heavy atom. The molecule has 2 fully saturated rings. The van der Waals surface area contributed by atoms with Crippen LogP contribution in [0.15, 0.2) is 41.2 Å². The Hall–Kier alpha value is -2.47. The van der Waals surface area contributed by atoms with Crippen LogP contribution < -0.4 is 10.9 Å². The SMILES string of the molecule is CCc1[nH]c(=O)ccc1C(=O)N1C[C@@H]2CNC[C@@H]2[C@H]1c1cccc(F)c1. The van der Waals surface area contributed by atoms with Gasteiger partial charge in [0, 0.05) is 37.3 Å². The number of nitrogens with one attached hydrogen (secondary N) is 2. The van der Waals surface area contributed by atoms with Gasteiger partial charge in [0.05, 0.1) is 11.6 Å². The number of nitrogens with zero attached hydrogens (tertiary/aromatic N) is 1. The van der Waals surface area contributed by atoms with E-state index < -0.39 is 0 Å². The van der Waals surface area contributed by atoms with E-state index in [1.54, 1.807) is 12.1 Å². The number of pyridine rings is 1. The second-order valence-corrected chi connectivity index (χ2v) is 7.11. The summed E-state index contributed by atoms with van der Waals surface area (Å²) in [6.07, 6.45) is 0.573. The first-order valence-corrected chi connectivity index (χ1v) is 9.08. The molecule has 4 rings (SSSR count). The number of aryl methyl sites for hydroxylation is 1. The number of hydrogen-bond donors (Lipinski definition) is 2. The average Bonchev–Trinajstić information content (AvgIpc) is 3.21. The van der Waals surface area contributed by atoms with Crippen molar-refractivity contribution in [2.45, 2.75) is 19.4 Å². The van der Waals surface area contributed by atoms with Gasteiger partial charge in [0.2, 0.25) is 5.56 Å². The molecule has 3 heterocycles. The molecule has 0 bridgehead atoms. The van der Waals surface area contributed by atoms with Crippen molar-refractivity contribution in [2.75, 3.05) is 19.6 Å². The zero-order valence-corrected chi connectivity index (χ0v) is 14.7. The van der Waals surface area contributed by atoms with Crippen molar-refractivity contribution in [2.24, 2.45) is 11.8 Å². The molecule has 26 heavy (non-hydrogen) atoms. The molecule has 0 saturated carbocycles. The van der Waals surface area contributed by atoms with Gasteiger partial charge in [-0.1, -0.05) is 19.1 Å².